The Kier molecular flexibility index (Phi) is 7.44. The highest BCUT2D eigenvalue weighted by Gasteiger charge is 2.17. The standard InChI is InChI=1S/C25H25Cl2FN6S/c1-14-23(16(3)33(31-14)12-18-6-5-7-20(28)10-18)29-25(35)30-24-15(2)32-34(17(24)4)13-19-8-9-21(26)22(27)11-19/h5-11H,12-13H2,1-4H3,(H2,29,30,35). The molecule has 0 saturated heterocycles. The lowest BCUT2D eigenvalue weighted by molar-refractivity contribution is 0.616. The molecule has 35 heavy (non-hydrogen) atoms. The number of hydrogen-bond donors (Lipinski definition) is 2. The molecule has 0 radical (unpaired) electrons. The molecular weight excluding hydrogens is 506 g/mol. The third kappa shape index (κ3) is 5.66. The van der Waals surface area contributed by atoms with Crippen LogP contribution in [-0.2, 0) is 13.1 Å². The van der Waals surface area contributed by atoms with Gasteiger partial charge in [0, 0.05) is 0 Å². The highest BCUT2D eigenvalue weighted by molar-refractivity contribution is 7.80. The largest absolute Gasteiger partial charge is 0.329 e. The van der Waals surface area contributed by atoms with Gasteiger partial charge in [0.05, 0.1) is 57.3 Å². The van der Waals surface area contributed by atoms with Crippen LogP contribution in [0.25, 0.3) is 0 Å². The number of aromatic nitrogens is 4. The van der Waals surface area contributed by atoms with Crippen LogP contribution in [0.1, 0.15) is 33.9 Å². The van der Waals surface area contributed by atoms with E-state index >= 15 is 0 Å². The summed E-state index contributed by atoms with van der Waals surface area (Å²) in [6.07, 6.45) is 0. The lowest BCUT2D eigenvalue weighted by atomic mass is 10.2. The molecule has 0 aliphatic carbocycles. The van der Waals surface area contributed by atoms with Crippen LogP contribution in [0.2, 0.25) is 10.0 Å². The van der Waals surface area contributed by atoms with Crippen LogP contribution in [0.5, 0.6) is 0 Å². The van der Waals surface area contributed by atoms with Crippen molar-refractivity contribution in [2.75, 3.05) is 10.6 Å². The van der Waals surface area contributed by atoms with Gasteiger partial charge in [-0.05, 0) is 75.3 Å². The van der Waals surface area contributed by atoms with Crippen LogP contribution >= 0.6 is 35.4 Å². The van der Waals surface area contributed by atoms with Crippen LogP contribution < -0.4 is 10.6 Å². The van der Waals surface area contributed by atoms with Gasteiger partial charge in [0.15, 0.2) is 5.11 Å². The summed E-state index contributed by atoms with van der Waals surface area (Å²) in [4.78, 5) is 0. The SMILES string of the molecule is Cc1nn(Cc2cccc(F)c2)c(C)c1NC(=S)Nc1c(C)nn(Cc2ccc(Cl)c(Cl)c2)c1C. The molecule has 0 fully saturated rings. The Morgan fingerprint density at radius 2 is 1.37 bits per heavy atom. The summed E-state index contributed by atoms with van der Waals surface area (Å²) in [7, 11) is 0. The maximum Gasteiger partial charge on any atom is 0.175 e. The van der Waals surface area contributed by atoms with Crippen molar-refractivity contribution in [2.24, 2.45) is 0 Å². The average Bonchev–Trinajstić information content (AvgIpc) is 3.20. The molecule has 2 heterocycles. The summed E-state index contributed by atoms with van der Waals surface area (Å²) in [5.74, 6) is -0.266. The first kappa shape index (κ1) is 25.2. The second-order valence-corrected chi connectivity index (χ2v) is 9.59. The minimum atomic E-state index is -0.266. The molecule has 10 heteroatoms. The average molecular weight is 531 g/mol. The van der Waals surface area contributed by atoms with E-state index in [1.165, 1.54) is 12.1 Å². The number of benzene rings is 2. The number of thiocarbonyl (C=S) groups is 1. The van der Waals surface area contributed by atoms with Gasteiger partial charge in [-0.1, -0.05) is 41.4 Å². The third-order valence-electron chi connectivity index (χ3n) is 5.78. The van der Waals surface area contributed by atoms with Crippen LogP contribution in [0.15, 0.2) is 42.5 Å². The highest BCUT2D eigenvalue weighted by atomic mass is 35.5. The van der Waals surface area contributed by atoms with Crippen molar-refractivity contribution in [1.29, 1.82) is 0 Å². The third-order valence-corrected chi connectivity index (χ3v) is 6.72. The number of rotatable bonds is 6. The van der Waals surface area contributed by atoms with Crippen molar-refractivity contribution in [2.45, 2.75) is 40.8 Å². The molecule has 0 saturated carbocycles. The van der Waals surface area contributed by atoms with E-state index in [2.05, 4.69) is 20.8 Å². The zero-order valence-electron chi connectivity index (χ0n) is 19.8. The summed E-state index contributed by atoms with van der Waals surface area (Å²) in [6.45, 7) is 8.79. The highest BCUT2D eigenvalue weighted by Crippen LogP contribution is 2.26. The van der Waals surface area contributed by atoms with E-state index in [9.17, 15) is 4.39 Å². The first-order valence-corrected chi connectivity index (χ1v) is 12.1. The first-order valence-electron chi connectivity index (χ1n) is 11.0. The zero-order chi connectivity index (χ0) is 25.3. The Morgan fingerprint density at radius 1 is 0.829 bits per heavy atom. The number of nitrogens with one attached hydrogen (secondary N) is 2. The molecule has 2 aromatic heterocycles. The van der Waals surface area contributed by atoms with Gasteiger partial charge in [0.1, 0.15) is 5.82 Å². The Hall–Kier alpha value is -2.94. The lowest BCUT2D eigenvalue weighted by Crippen LogP contribution is -2.21. The summed E-state index contributed by atoms with van der Waals surface area (Å²) in [5.41, 5.74) is 6.95. The van der Waals surface area contributed by atoms with E-state index in [0.29, 0.717) is 28.2 Å². The van der Waals surface area contributed by atoms with Crippen LogP contribution in [0, 0.1) is 33.5 Å². The summed E-state index contributed by atoms with van der Waals surface area (Å²) >= 11 is 17.8. The second-order valence-electron chi connectivity index (χ2n) is 8.36. The van der Waals surface area contributed by atoms with Crippen molar-refractivity contribution < 1.29 is 4.39 Å². The van der Waals surface area contributed by atoms with Crippen LogP contribution in [0.3, 0.4) is 0 Å². The molecule has 2 aromatic carbocycles. The fourth-order valence-electron chi connectivity index (χ4n) is 3.94. The molecule has 182 valence electrons. The van der Waals surface area contributed by atoms with E-state index < -0.39 is 0 Å². The van der Waals surface area contributed by atoms with E-state index in [1.807, 2.05) is 55.3 Å². The van der Waals surface area contributed by atoms with Gasteiger partial charge >= 0.3 is 0 Å². The molecule has 2 N–H and O–H groups in total. The number of hydrogen-bond acceptors (Lipinski definition) is 3. The summed E-state index contributed by atoms with van der Waals surface area (Å²) in [6, 6.07) is 12.1. The predicted molar refractivity (Wildman–Crippen MR) is 144 cm³/mol. The van der Waals surface area contributed by atoms with E-state index in [0.717, 1.165) is 45.3 Å². The topological polar surface area (TPSA) is 59.7 Å². The molecule has 0 amide bonds. The molecule has 0 bridgehead atoms. The molecule has 6 nitrogen and oxygen atoms in total. The molecular formula is C25H25Cl2FN6S. The van der Waals surface area contributed by atoms with Crippen LogP contribution in [0.4, 0.5) is 15.8 Å². The van der Waals surface area contributed by atoms with Gasteiger partial charge in [-0.15, -0.1) is 0 Å². The number of anilines is 2. The van der Waals surface area contributed by atoms with Crippen LogP contribution in [-0.4, -0.2) is 24.7 Å². The monoisotopic (exact) mass is 530 g/mol. The maximum absolute atomic E-state index is 13.6. The Labute approximate surface area is 219 Å². The van der Waals surface area contributed by atoms with Gasteiger partial charge in [-0.2, -0.15) is 10.2 Å². The normalized spacial score (nSPS) is 11.1. The van der Waals surface area contributed by atoms with Crippen molar-refractivity contribution >= 4 is 51.9 Å². The second kappa shape index (κ2) is 10.4. The van der Waals surface area contributed by atoms with Crippen molar-refractivity contribution in [1.82, 2.24) is 19.6 Å². The van der Waals surface area contributed by atoms with Gasteiger partial charge < -0.3 is 10.6 Å². The van der Waals surface area contributed by atoms with E-state index in [1.54, 1.807) is 12.1 Å². The van der Waals surface area contributed by atoms with Crippen molar-refractivity contribution in [3.05, 3.63) is 92.2 Å². The van der Waals surface area contributed by atoms with Crippen molar-refractivity contribution in [3.8, 4) is 0 Å². The first-order chi connectivity index (χ1) is 16.6. The summed E-state index contributed by atoms with van der Waals surface area (Å²) in [5, 5.41) is 17.3. The Balaban J connectivity index is 1.48. The molecule has 0 spiro atoms. The Morgan fingerprint density at radius 3 is 1.89 bits per heavy atom. The fourth-order valence-corrected chi connectivity index (χ4v) is 4.47. The molecule has 0 atom stereocenters. The molecule has 4 aromatic rings. The van der Waals surface area contributed by atoms with Gasteiger partial charge in [0.2, 0.25) is 0 Å². The Bertz CT molecular complexity index is 1410. The van der Waals surface area contributed by atoms with Gasteiger partial charge in [-0.3, -0.25) is 9.36 Å². The number of halogens is 3. The molecule has 0 aliphatic rings. The summed E-state index contributed by atoms with van der Waals surface area (Å²) < 4.78 is 17.3. The molecule has 0 unspecified atom stereocenters. The van der Waals surface area contributed by atoms with Gasteiger partial charge in [-0.25, -0.2) is 4.39 Å². The molecule has 4 rings (SSSR count). The van der Waals surface area contributed by atoms with Crippen molar-refractivity contribution in [3.63, 3.8) is 0 Å². The zero-order valence-corrected chi connectivity index (χ0v) is 22.1. The molecule has 0 aliphatic heterocycles. The smallest absolute Gasteiger partial charge is 0.175 e. The van der Waals surface area contributed by atoms with Gasteiger partial charge in [0.25, 0.3) is 0 Å². The minimum Gasteiger partial charge on any atom is -0.329 e. The fraction of sp³-hybridized carbons (Fsp3) is 0.240. The van der Waals surface area contributed by atoms with E-state index in [-0.39, 0.29) is 5.82 Å². The maximum atomic E-state index is 13.6. The lowest BCUT2D eigenvalue weighted by Gasteiger charge is -2.12. The van der Waals surface area contributed by atoms with E-state index in [4.69, 9.17) is 35.4 Å². The predicted octanol–water partition coefficient (Wildman–Crippen LogP) is 6.66. The number of nitrogens with zero attached hydrogens (tertiary/aromatic N) is 4. The minimum absolute atomic E-state index is 0.266. The quantitative estimate of drug-likeness (QED) is 0.273. The number of aryl methyl sites for hydroxylation is 2.